The number of pyridine rings is 1. The zero-order valence-electron chi connectivity index (χ0n) is 18.5. The second kappa shape index (κ2) is 10.6. The predicted molar refractivity (Wildman–Crippen MR) is 138 cm³/mol. The number of fused-ring (bicyclic) bond motifs is 2. The minimum Gasteiger partial charge on any atom is -0.455 e. The van der Waals surface area contributed by atoms with Crippen molar-refractivity contribution >= 4 is 41.5 Å². The summed E-state index contributed by atoms with van der Waals surface area (Å²) in [5, 5.41) is 3.34. The first kappa shape index (κ1) is 24.3. The molecular formula is C27H21Cl2N3O3. The molecule has 0 spiro atoms. The summed E-state index contributed by atoms with van der Waals surface area (Å²) in [5.74, 6) is 0.674. The van der Waals surface area contributed by atoms with E-state index in [9.17, 15) is 9.59 Å². The molecule has 3 aromatic carbocycles. The highest BCUT2D eigenvalue weighted by atomic mass is 35.5. The second-order valence-corrected chi connectivity index (χ2v) is 8.23. The molecule has 2 heterocycles. The van der Waals surface area contributed by atoms with Crippen LogP contribution in [0.4, 0.5) is 5.69 Å². The zero-order chi connectivity index (χ0) is 23.5. The van der Waals surface area contributed by atoms with Crippen LogP contribution in [-0.2, 0) is 13.1 Å². The number of para-hydroxylation sites is 1. The molecule has 2 amide bonds. The Kier molecular flexibility index (Phi) is 7.34. The van der Waals surface area contributed by atoms with E-state index >= 15 is 0 Å². The van der Waals surface area contributed by atoms with Crippen LogP contribution in [0.1, 0.15) is 32.0 Å². The van der Waals surface area contributed by atoms with Crippen molar-refractivity contribution in [3.05, 3.63) is 119 Å². The molecule has 0 bridgehead atoms. The number of nitrogens with zero attached hydrogens (tertiary/aromatic N) is 2. The minimum atomic E-state index is -0.284. The molecule has 0 radical (unpaired) electrons. The number of ether oxygens (including phenoxy) is 1. The van der Waals surface area contributed by atoms with Gasteiger partial charge in [-0.3, -0.25) is 14.6 Å². The van der Waals surface area contributed by atoms with Gasteiger partial charge in [0.2, 0.25) is 0 Å². The van der Waals surface area contributed by atoms with Crippen LogP contribution in [0.5, 0.6) is 11.5 Å². The summed E-state index contributed by atoms with van der Waals surface area (Å²) in [7, 11) is 0. The summed E-state index contributed by atoms with van der Waals surface area (Å²) in [6.45, 7) is 0.600. The Balaban J connectivity index is 0.00000289. The van der Waals surface area contributed by atoms with Crippen LogP contribution in [0.25, 0.3) is 0 Å². The maximum absolute atomic E-state index is 13.7. The summed E-state index contributed by atoms with van der Waals surface area (Å²) >= 11 is 6.26. The highest BCUT2D eigenvalue weighted by Gasteiger charge is 2.27. The van der Waals surface area contributed by atoms with Crippen molar-refractivity contribution in [1.82, 2.24) is 10.3 Å². The molecule has 1 aliphatic rings. The third kappa shape index (κ3) is 5.29. The largest absolute Gasteiger partial charge is 0.455 e. The van der Waals surface area contributed by atoms with Crippen LogP contribution in [0.3, 0.4) is 0 Å². The Morgan fingerprint density at radius 2 is 1.71 bits per heavy atom. The van der Waals surface area contributed by atoms with Gasteiger partial charge in [0.15, 0.2) is 5.75 Å². The van der Waals surface area contributed by atoms with E-state index in [1.165, 1.54) is 0 Å². The van der Waals surface area contributed by atoms with E-state index in [0.717, 1.165) is 11.3 Å². The van der Waals surface area contributed by atoms with Crippen molar-refractivity contribution in [1.29, 1.82) is 0 Å². The van der Waals surface area contributed by atoms with Crippen molar-refractivity contribution in [2.24, 2.45) is 0 Å². The molecule has 1 aromatic heterocycles. The third-order valence-corrected chi connectivity index (χ3v) is 5.74. The Labute approximate surface area is 213 Å². The van der Waals surface area contributed by atoms with E-state index in [1.54, 1.807) is 53.6 Å². The molecule has 6 nitrogen and oxygen atoms in total. The lowest BCUT2D eigenvalue weighted by Gasteiger charge is -2.22. The van der Waals surface area contributed by atoms with Gasteiger partial charge in [-0.2, -0.15) is 0 Å². The molecule has 0 atom stereocenters. The van der Waals surface area contributed by atoms with Gasteiger partial charge in [-0.15, -0.1) is 12.4 Å². The zero-order valence-corrected chi connectivity index (χ0v) is 20.1. The number of aromatic nitrogens is 1. The average molecular weight is 506 g/mol. The van der Waals surface area contributed by atoms with Crippen LogP contribution >= 0.6 is 24.0 Å². The lowest BCUT2D eigenvalue weighted by Crippen LogP contribution is -2.30. The maximum atomic E-state index is 13.7. The van der Waals surface area contributed by atoms with Gasteiger partial charge in [-0.25, -0.2) is 0 Å². The number of carbonyl (C=O) groups is 2. The first-order valence-corrected chi connectivity index (χ1v) is 11.1. The first-order chi connectivity index (χ1) is 16.6. The van der Waals surface area contributed by atoms with Gasteiger partial charge >= 0.3 is 0 Å². The SMILES string of the molecule is Cl.O=C(NCc1ccccn1)c1cccc(C(=O)N2Cc3ccccc3Oc3ccc(Cl)cc32)c1. The second-order valence-electron chi connectivity index (χ2n) is 7.80. The molecule has 0 saturated heterocycles. The van der Waals surface area contributed by atoms with Crippen LogP contribution < -0.4 is 15.0 Å². The summed E-state index contributed by atoms with van der Waals surface area (Å²) in [6, 6.07) is 25.0. The summed E-state index contributed by atoms with van der Waals surface area (Å²) < 4.78 is 6.09. The third-order valence-electron chi connectivity index (χ3n) is 5.51. The van der Waals surface area contributed by atoms with E-state index < -0.39 is 0 Å². The van der Waals surface area contributed by atoms with Gasteiger partial charge in [-0.1, -0.05) is 41.9 Å². The molecule has 5 rings (SSSR count). The summed E-state index contributed by atoms with van der Waals surface area (Å²) in [6.07, 6.45) is 1.67. The van der Waals surface area contributed by atoms with E-state index in [-0.39, 0.29) is 24.2 Å². The van der Waals surface area contributed by atoms with Gasteiger partial charge in [0.25, 0.3) is 11.8 Å². The number of halogens is 2. The van der Waals surface area contributed by atoms with Gasteiger partial charge < -0.3 is 15.0 Å². The molecule has 35 heavy (non-hydrogen) atoms. The Bertz CT molecular complexity index is 1380. The molecule has 0 fully saturated rings. The molecule has 8 heteroatoms. The highest BCUT2D eigenvalue weighted by molar-refractivity contribution is 6.31. The predicted octanol–water partition coefficient (Wildman–Crippen LogP) is 6.04. The van der Waals surface area contributed by atoms with Crippen molar-refractivity contribution in [2.75, 3.05) is 4.90 Å². The Morgan fingerprint density at radius 1 is 0.914 bits per heavy atom. The number of benzene rings is 3. The van der Waals surface area contributed by atoms with Crippen LogP contribution in [0.15, 0.2) is 91.1 Å². The lowest BCUT2D eigenvalue weighted by molar-refractivity contribution is 0.0950. The van der Waals surface area contributed by atoms with Gasteiger partial charge in [0, 0.05) is 27.9 Å². The number of carbonyl (C=O) groups excluding carboxylic acids is 2. The normalized spacial score (nSPS) is 11.7. The molecule has 4 aromatic rings. The molecule has 176 valence electrons. The summed E-state index contributed by atoms with van der Waals surface area (Å²) in [5.41, 5.74) is 2.96. The number of nitrogens with one attached hydrogen (secondary N) is 1. The molecule has 0 aliphatic carbocycles. The van der Waals surface area contributed by atoms with E-state index in [4.69, 9.17) is 16.3 Å². The van der Waals surface area contributed by atoms with Crippen molar-refractivity contribution < 1.29 is 14.3 Å². The number of anilines is 1. The topological polar surface area (TPSA) is 71.5 Å². The monoisotopic (exact) mass is 505 g/mol. The number of amides is 2. The fraction of sp³-hybridized carbons (Fsp3) is 0.0741. The fourth-order valence-corrected chi connectivity index (χ4v) is 3.97. The molecule has 0 saturated carbocycles. The average Bonchev–Trinajstić information content (AvgIpc) is 3.04. The van der Waals surface area contributed by atoms with Crippen molar-refractivity contribution in [2.45, 2.75) is 13.1 Å². The quantitative estimate of drug-likeness (QED) is 0.367. The van der Waals surface area contributed by atoms with Gasteiger partial charge in [-0.05, 0) is 54.6 Å². The van der Waals surface area contributed by atoms with Gasteiger partial charge in [0.05, 0.1) is 24.5 Å². The fourth-order valence-electron chi connectivity index (χ4n) is 3.80. The van der Waals surface area contributed by atoms with Crippen LogP contribution in [-0.4, -0.2) is 16.8 Å². The lowest BCUT2D eigenvalue weighted by atomic mass is 10.1. The van der Waals surface area contributed by atoms with E-state index in [2.05, 4.69) is 10.3 Å². The number of hydrogen-bond donors (Lipinski definition) is 1. The molecule has 1 aliphatic heterocycles. The van der Waals surface area contributed by atoms with E-state index in [0.29, 0.717) is 46.4 Å². The molecule has 1 N–H and O–H groups in total. The van der Waals surface area contributed by atoms with Crippen LogP contribution in [0.2, 0.25) is 5.02 Å². The standard InChI is InChI=1S/C27H20ClN3O3.ClH/c28-21-11-12-25-23(15-21)31(17-20-6-1-2-10-24(20)34-25)27(33)19-8-5-7-18(14-19)26(32)30-16-22-9-3-4-13-29-22;/h1-15H,16-17H2,(H,30,32);1H. The van der Waals surface area contributed by atoms with E-state index in [1.807, 2.05) is 42.5 Å². The minimum absolute atomic E-state index is 0. The summed E-state index contributed by atoms with van der Waals surface area (Å²) in [4.78, 5) is 32.2. The maximum Gasteiger partial charge on any atom is 0.258 e. The van der Waals surface area contributed by atoms with Crippen LogP contribution in [0, 0.1) is 0 Å². The Morgan fingerprint density at radius 3 is 2.54 bits per heavy atom. The first-order valence-electron chi connectivity index (χ1n) is 10.7. The molecular weight excluding hydrogens is 485 g/mol. The Hall–Kier alpha value is -3.87. The number of rotatable bonds is 4. The van der Waals surface area contributed by atoms with Crippen molar-refractivity contribution in [3.8, 4) is 11.5 Å². The van der Waals surface area contributed by atoms with Crippen molar-refractivity contribution in [3.63, 3.8) is 0 Å². The highest BCUT2D eigenvalue weighted by Crippen LogP contribution is 2.40. The smallest absolute Gasteiger partial charge is 0.258 e. The number of hydrogen-bond acceptors (Lipinski definition) is 4. The van der Waals surface area contributed by atoms with Gasteiger partial charge in [0.1, 0.15) is 5.75 Å². The molecule has 0 unspecified atom stereocenters.